The average molecular weight is 457 g/mol. The van der Waals surface area contributed by atoms with Crippen LogP contribution in [0.2, 0.25) is 0 Å². The van der Waals surface area contributed by atoms with Gasteiger partial charge in [0.05, 0.1) is 25.8 Å². The van der Waals surface area contributed by atoms with E-state index in [-0.39, 0.29) is 17.8 Å². The number of hydrogen-bond acceptors (Lipinski definition) is 8. The molecule has 0 radical (unpaired) electrons. The molecule has 0 saturated carbocycles. The van der Waals surface area contributed by atoms with E-state index in [9.17, 15) is 15.2 Å². The number of carbonyl (C=O) groups is 1. The average Bonchev–Trinajstić information content (AvgIpc) is 2.77. The lowest BCUT2D eigenvalue weighted by molar-refractivity contribution is -0.377. The van der Waals surface area contributed by atoms with Crippen molar-refractivity contribution >= 4 is 17.6 Å². The molecule has 0 bridgehead atoms. The molecule has 0 aromatic carbocycles. The molecule has 10 nitrogen and oxygen atoms in total. The highest BCUT2D eigenvalue weighted by molar-refractivity contribution is 6.03. The van der Waals surface area contributed by atoms with Crippen molar-refractivity contribution in [2.45, 2.75) is 45.8 Å². The van der Waals surface area contributed by atoms with Crippen LogP contribution in [0, 0.1) is 10.4 Å². The Kier molecular flexibility index (Phi) is 6.20. The maximum absolute atomic E-state index is 12.7. The van der Waals surface area contributed by atoms with Gasteiger partial charge < -0.3 is 35.0 Å². The number of rotatable bonds is 0. The third-order valence-corrected chi connectivity index (χ3v) is 5.74. The normalized spacial score (nSPS) is 23.3. The van der Waals surface area contributed by atoms with E-state index in [1.807, 2.05) is 20.8 Å². The molecule has 1 saturated heterocycles. The minimum atomic E-state index is -0.572. The number of aliphatic imine (C=N–C) groups is 1. The maximum atomic E-state index is 12.7. The molecule has 178 valence electrons. The Morgan fingerprint density at radius 3 is 2.61 bits per heavy atom. The first-order valence-corrected chi connectivity index (χ1v) is 11.1. The molecule has 0 aromatic rings. The highest BCUT2D eigenvalue weighted by atomic mass is 16.8. The number of amides is 1. The van der Waals surface area contributed by atoms with Crippen LogP contribution in [0.3, 0.4) is 0 Å². The molecule has 0 aromatic heterocycles. The number of amidine groups is 1. The quantitative estimate of drug-likeness (QED) is 0.439. The SMILES string of the molecule is C[C@H]1COCCN1C1=NC(=C2C=CC(=[N+]([O-])[O-])C=C2)NC2=C1CCN(C(=O)OC(C)(C)C)C2. The van der Waals surface area contributed by atoms with E-state index in [1.165, 1.54) is 12.2 Å². The summed E-state index contributed by atoms with van der Waals surface area (Å²) in [5, 5.41) is 25.5. The van der Waals surface area contributed by atoms with Gasteiger partial charge in [-0.05, 0) is 46.3 Å². The van der Waals surface area contributed by atoms with Crippen LogP contribution >= 0.6 is 0 Å². The van der Waals surface area contributed by atoms with Crippen LogP contribution in [0.15, 0.2) is 52.0 Å². The van der Waals surface area contributed by atoms with Gasteiger partial charge in [-0.15, -0.1) is 0 Å². The fourth-order valence-corrected chi connectivity index (χ4v) is 4.11. The summed E-state index contributed by atoms with van der Waals surface area (Å²) in [6, 6.07) is 0.159. The first kappa shape index (κ1) is 22.9. The van der Waals surface area contributed by atoms with Crippen molar-refractivity contribution in [2.24, 2.45) is 4.99 Å². The molecule has 3 aliphatic heterocycles. The van der Waals surface area contributed by atoms with Crippen molar-refractivity contribution in [1.82, 2.24) is 15.1 Å². The standard InChI is InChI=1S/C23H30N5O5/c1-15-14-32-12-11-27(15)21-18-9-10-26(22(29)33-23(2,3)4)13-19(18)24-20(25-21)16-5-7-17(8-6-16)28(30)31/h5-8,15H,9-14H2,1-4H3,(H-,24,25,30,31)/q-1/t15-/m0/s1. The molecule has 4 aliphatic rings. The van der Waals surface area contributed by atoms with Gasteiger partial charge in [-0.25, -0.2) is 9.79 Å². The van der Waals surface area contributed by atoms with Gasteiger partial charge in [0.2, 0.25) is 5.71 Å². The first-order valence-electron chi connectivity index (χ1n) is 11.1. The van der Waals surface area contributed by atoms with Gasteiger partial charge in [-0.2, -0.15) is 4.90 Å². The molecule has 1 amide bonds. The van der Waals surface area contributed by atoms with Crippen molar-refractivity contribution in [2.75, 3.05) is 32.8 Å². The van der Waals surface area contributed by atoms with Crippen LogP contribution < -0.4 is 5.32 Å². The third-order valence-electron chi connectivity index (χ3n) is 5.74. The zero-order chi connectivity index (χ0) is 23.8. The fraction of sp³-hybridized carbons (Fsp3) is 0.522. The minimum absolute atomic E-state index is 0.0230. The molecular weight excluding hydrogens is 426 g/mol. The Hall–Kier alpha value is -3.27. The Balaban J connectivity index is 1.68. The van der Waals surface area contributed by atoms with Gasteiger partial charge in [-0.3, -0.25) is 0 Å². The Labute approximate surface area is 193 Å². The number of allylic oxidation sites excluding steroid dienone is 5. The summed E-state index contributed by atoms with van der Waals surface area (Å²) < 4.78 is 11.2. The number of hydrogen-bond donors (Lipinski definition) is 1. The van der Waals surface area contributed by atoms with E-state index in [1.54, 1.807) is 17.1 Å². The predicted octanol–water partition coefficient (Wildman–Crippen LogP) is 2.39. The van der Waals surface area contributed by atoms with Crippen molar-refractivity contribution in [1.29, 1.82) is 0 Å². The summed E-state index contributed by atoms with van der Waals surface area (Å²) in [5.74, 6) is 1.47. The molecule has 1 fully saturated rings. The van der Waals surface area contributed by atoms with Gasteiger partial charge in [0.1, 0.15) is 17.3 Å². The largest absolute Gasteiger partial charge is 0.612 e. The molecule has 1 aliphatic carbocycles. The monoisotopic (exact) mass is 456 g/mol. The molecular formula is C23H30N5O5-. The summed E-state index contributed by atoms with van der Waals surface area (Å²) in [6.07, 6.45) is 6.60. The summed E-state index contributed by atoms with van der Waals surface area (Å²) >= 11 is 0. The van der Waals surface area contributed by atoms with Crippen LogP contribution in [0.5, 0.6) is 0 Å². The van der Waals surface area contributed by atoms with Crippen molar-refractivity contribution in [3.63, 3.8) is 0 Å². The van der Waals surface area contributed by atoms with Gasteiger partial charge in [0, 0.05) is 42.1 Å². The van der Waals surface area contributed by atoms with Crippen molar-refractivity contribution in [3.05, 3.63) is 57.4 Å². The Morgan fingerprint density at radius 2 is 1.97 bits per heavy atom. The lowest BCUT2D eigenvalue weighted by atomic mass is 9.99. The molecule has 33 heavy (non-hydrogen) atoms. The first-order chi connectivity index (χ1) is 15.6. The van der Waals surface area contributed by atoms with E-state index in [0.29, 0.717) is 38.5 Å². The second-order valence-corrected chi connectivity index (χ2v) is 9.44. The van der Waals surface area contributed by atoms with E-state index in [4.69, 9.17) is 14.5 Å². The lowest BCUT2D eigenvalue weighted by Crippen LogP contribution is -2.52. The van der Waals surface area contributed by atoms with E-state index in [0.717, 1.165) is 29.2 Å². The van der Waals surface area contributed by atoms with Crippen LogP contribution in [0.1, 0.15) is 34.1 Å². The molecule has 0 unspecified atom stereocenters. The van der Waals surface area contributed by atoms with Crippen molar-refractivity contribution in [3.8, 4) is 0 Å². The number of ether oxygens (including phenoxy) is 2. The number of nitrogens with zero attached hydrogens (tertiary/aromatic N) is 4. The second kappa shape index (κ2) is 8.93. The Morgan fingerprint density at radius 1 is 1.24 bits per heavy atom. The third kappa shape index (κ3) is 5.05. The second-order valence-electron chi connectivity index (χ2n) is 9.44. The van der Waals surface area contributed by atoms with Gasteiger partial charge >= 0.3 is 6.09 Å². The molecule has 0 spiro atoms. The van der Waals surface area contributed by atoms with Gasteiger partial charge in [-0.1, -0.05) is 0 Å². The van der Waals surface area contributed by atoms with Gasteiger partial charge in [0.25, 0.3) is 0 Å². The number of nitrogens with one attached hydrogen (secondary N) is 1. The van der Waals surface area contributed by atoms with E-state index < -0.39 is 10.5 Å². The Bertz CT molecular complexity index is 993. The summed E-state index contributed by atoms with van der Waals surface area (Å²) in [7, 11) is 0. The smallest absolute Gasteiger partial charge is 0.410 e. The number of morpholine rings is 1. The van der Waals surface area contributed by atoms with Crippen LogP contribution in [0.4, 0.5) is 4.79 Å². The minimum Gasteiger partial charge on any atom is -0.612 e. The molecule has 3 heterocycles. The molecule has 1 N–H and O–H groups in total. The van der Waals surface area contributed by atoms with E-state index in [2.05, 4.69) is 17.1 Å². The summed E-state index contributed by atoms with van der Waals surface area (Å²) in [4.78, 5) is 21.2. The topological polar surface area (TPSA) is 116 Å². The maximum Gasteiger partial charge on any atom is 0.410 e. The lowest BCUT2D eigenvalue weighted by Gasteiger charge is -2.41. The van der Waals surface area contributed by atoms with E-state index >= 15 is 0 Å². The molecule has 1 atom stereocenters. The molecule has 4 rings (SSSR count). The van der Waals surface area contributed by atoms with Crippen molar-refractivity contribution < 1.29 is 19.2 Å². The highest BCUT2D eigenvalue weighted by Gasteiger charge is 2.35. The zero-order valence-corrected chi connectivity index (χ0v) is 19.5. The highest BCUT2D eigenvalue weighted by Crippen LogP contribution is 2.29. The number of carbonyl (C=O) groups excluding carboxylic acids is 1. The van der Waals surface area contributed by atoms with Crippen LogP contribution in [-0.2, 0) is 9.47 Å². The predicted molar refractivity (Wildman–Crippen MR) is 124 cm³/mol. The summed E-state index contributed by atoms with van der Waals surface area (Å²) in [6.45, 7) is 10.5. The summed E-state index contributed by atoms with van der Waals surface area (Å²) in [5.41, 5.74) is 2.16. The zero-order valence-electron chi connectivity index (χ0n) is 19.5. The fourth-order valence-electron chi connectivity index (χ4n) is 4.11. The molecule has 10 heteroatoms. The van der Waals surface area contributed by atoms with Gasteiger partial charge in [0.15, 0.2) is 0 Å². The van der Waals surface area contributed by atoms with Crippen LogP contribution in [-0.4, -0.2) is 76.8 Å². The van der Waals surface area contributed by atoms with Crippen LogP contribution in [0.25, 0.3) is 0 Å².